The van der Waals surface area contributed by atoms with Gasteiger partial charge in [0.05, 0.1) is 0 Å². The van der Waals surface area contributed by atoms with E-state index in [1.54, 1.807) is 24.3 Å². The van der Waals surface area contributed by atoms with Crippen molar-refractivity contribution in [1.82, 2.24) is 10.1 Å². The Hall–Kier alpha value is -1.88. The molecule has 2 rings (SSSR count). The van der Waals surface area contributed by atoms with Crippen LogP contribution >= 0.6 is 11.6 Å². The molecule has 15 heavy (non-hydrogen) atoms. The second-order valence-corrected chi connectivity index (χ2v) is 3.18. The van der Waals surface area contributed by atoms with Crippen LogP contribution in [0.15, 0.2) is 28.8 Å². The third-order valence-corrected chi connectivity index (χ3v) is 1.92. The molecule has 0 unspecified atom stereocenters. The van der Waals surface area contributed by atoms with Gasteiger partial charge in [0.25, 0.3) is 11.7 Å². The van der Waals surface area contributed by atoms with Gasteiger partial charge in [0.1, 0.15) is 0 Å². The monoisotopic (exact) mass is 224 g/mol. The van der Waals surface area contributed by atoms with Crippen LogP contribution in [0.5, 0.6) is 0 Å². The van der Waals surface area contributed by atoms with Crippen LogP contribution in [0.1, 0.15) is 10.6 Å². The van der Waals surface area contributed by atoms with Crippen LogP contribution in [0, 0.1) is 0 Å². The van der Waals surface area contributed by atoms with E-state index in [1.165, 1.54) is 0 Å². The smallest absolute Gasteiger partial charge is 0.377 e. The first kappa shape index (κ1) is 9.67. The average Bonchev–Trinajstić information content (AvgIpc) is 2.66. The van der Waals surface area contributed by atoms with Crippen LogP contribution in [-0.4, -0.2) is 21.2 Å². The molecule has 0 aliphatic carbocycles. The number of rotatable bonds is 2. The van der Waals surface area contributed by atoms with Crippen LogP contribution in [0.25, 0.3) is 11.5 Å². The van der Waals surface area contributed by atoms with Gasteiger partial charge in [-0.25, -0.2) is 4.79 Å². The Morgan fingerprint density at radius 1 is 1.47 bits per heavy atom. The van der Waals surface area contributed by atoms with E-state index in [2.05, 4.69) is 10.1 Å². The summed E-state index contributed by atoms with van der Waals surface area (Å²) < 4.78 is 4.77. The fourth-order valence-electron chi connectivity index (χ4n) is 1.05. The van der Waals surface area contributed by atoms with Crippen LogP contribution in [0.4, 0.5) is 0 Å². The third-order valence-electron chi connectivity index (χ3n) is 1.69. The maximum Gasteiger partial charge on any atom is 0.377 e. The summed E-state index contributed by atoms with van der Waals surface area (Å²) in [6.07, 6.45) is 0. The quantitative estimate of drug-likeness (QED) is 0.845. The van der Waals surface area contributed by atoms with Crippen LogP contribution < -0.4 is 0 Å². The molecule has 1 aromatic carbocycles. The summed E-state index contributed by atoms with van der Waals surface area (Å²) in [6.45, 7) is 0. The van der Waals surface area contributed by atoms with Crippen molar-refractivity contribution in [3.63, 3.8) is 0 Å². The second kappa shape index (κ2) is 3.70. The van der Waals surface area contributed by atoms with Gasteiger partial charge in [0.15, 0.2) is 0 Å². The number of nitrogens with zero attached hydrogens (tertiary/aromatic N) is 2. The molecule has 6 heteroatoms. The molecule has 0 saturated carbocycles. The highest BCUT2D eigenvalue weighted by atomic mass is 35.5. The Bertz CT molecular complexity index is 510. The van der Waals surface area contributed by atoms with Crippen molar-refractivity contribution in [1.29, 1.82) is 0 Å². The number of benzene rings is 1. The van der Waals surface area contributed by atoms with E-state index in [4.69, 9.17) is 21.2 Å². The molecule has 2 aromatic rings. The molecule has 1 aromatic heterocycles. The molecule has 0 atom stereocenters. The van der Waals surface area contributed by atoms with E-state index < -0.39 is 5.97 Å². The fraction of sp³-hybridized carbons (Fsp3) is 0. The molecule has 76 valence electrons. The minimum absolute atomic E-state index is 0.134. The van der Waals surface area contributed by atoms with E-state index in [-0.39, 0.29) is 11.7 Å². The Kier molecular flexibility index (Phi) is 2.39. The number of hydrogen-bond acceptors (Lipinski definition) is 4. The van der Waals surface area contributed by atoms with E-state index in [9.17, 15) is 4.79 Å². The highest BCUT2D eigenvalue weighted by molar-refractivity contribution is 6.30. The SMILES string of the molecule is O=C(O)c1noc(-c2cccc(Cl)c2)n1. The van der Waals surface area contributed by atoms with Crippen molar-refractivity contribution >= 4 is 17.6 Å². The summed E-state index contributed by atoms with van der Waals surface area (Å²) in [4.78, 5) is 14.2. The molecule has 0 saturated heterocycles. The molecule has 0 spiro atoms. The first-order valence-corrected chi connectivity index (χ1v) is 4.37. The van der Waals surface area contributed by atoms with Crippen molar-refractivity contribution in [2.75, 3.05) is 0 Å². The number of aromatic carboxylic acids is 1. The summed E-state index contributed by atoms with van der Waals surface area (Å²) in [5.41, 5.74) is 0.586. The molecule has 0 aliphatic rings. The topological polar surface area (TPSA) is 76.2 Å². The summed E-state index contributed by atoms with van der Waals surface area (Å²) >= 11 is 5.76. The third kappa shape index (κ3) is 1.97. The summed E-state index contributed by atoms with van der Waals surface area (Å²) in [6, 6.07) is 6.72. The lowest BCUT2D eigenvalue weighted by atomic mass is 10.2. The van der Waals surface area contributed by atoms with Gasteiger partial charge in [-0.05, 0) is 23.4 Å². The van der Waals surface area contributed by atoms with Crippen molar-refractivity contribution in [2.45, 2.75) is 0 Å². The Labute approximate surface area is 89.3 Å². The first-order valence-electron chi connectivity index (χ1n) is 4.00. The predicted octanol–water partition coefficient (Wildman–Crippen LogP) is 2.09. The van der Waals surface area contributed by atoms with E-state index >= 15 is 0 Å². The number of carboxylic acid groups (broad SMARTS) is 1. The highest BCUT2D eigenvalue weighted by Crippen LogP contribution is 2.20. The number of halogens is 1. The lowest BCUT2D eigenvalue weighted by Crippen LogP contribution is -1.98. The van der Waals surface area contributed by atoms with E-state index in [0.717, 1.165) is 0 Å². The normalized spacial score (nSPS) is 10.2. The van der Waals surface area contributed by atoms with Gasteiger partial charge >= 0.3 is 5.97 Å². The van der Waals surface area contributed by atoms with Crippen molar-refractivity contribution in [3.8, 4) is 11.5 Å². The fourth-order valence-corrected chi connectivity index (χ4v) is 1.24. The zero-order valence-electron chi connectivity index (χ0n) is 7.35. The maximum atomic E-state index is 10.5. The van der Waals surface area contributed by atoms with E-state index in [0.29, 0.717) is 10.6 Å². The van der Waals surface area contributed by atoms with Gasteiger partial charge in [-0.15, -0.1) is 0 Å². The first-order chi connectivity index (χ1) is 7.16. The van der Waals surface area contributed by atoms with Crippen molar-refractivity contribution in [3.05, 3.63) is 35.1 Å². The summed E-state index contributed by atoms with van der Waals surface area (Å²) in [5, 5.41) is 12.4. The van der Waals surface area contributed by atoms with Crippen LogP contribution in [0.2, 0.25) is 5.02 Å². The Morgan fingerprint density at radius 3 is 2.87 bits per heavy atom. The minimum atomic E-state index is -1.23. The summed E-state index contributed by atoms with van der Waals surface area (Å²) in [5.74, 6) is -1.47. The largest absolute Gasteiger partial charge is 0.475 e. The lowest BCUT2D eigenvalue weighted by molar-refractivity contribution is 0.0680. The standard InChI is InChI=1S/C9H5ClN2O3/c10-6-3-1-2-5(4-6)8-11-7(9(13)14)12-15-8/h1-4H,(H,13,14). The number of aromatic nitrogens is 2. The molecule has 0 aliphatic heterocycles. The number of carboxylic acids is 1. The molecular formula is C9H5ClN2O3. The molecule has 0 amide bonds. The van der Waals surface area contributed by atoms with E-state index in [1.807, 2.05) is 0 Å². The average molecular weight is 225 g/mol. The molecule has 5 nitrogen and oxygen atoms in total. The molecule has 0 bridgehead atoms. The predicted molar refractivity (Wildman–Crippen MR) is 51.7 cm³/mol. The highest BCUT2D eigenvalue weighted by Gasteiger charge is 2.13. The molecule has 1 N–H and O–H groups in total. The molecule has 0 radical (unpaired) electrons. The maximum absolute atomic E-state index is 10.5. The second-order valence-electron chi connectivity index (χ2n) is 2.74. The van der Waals surface area contributed by atoms with Crippen LogP contribution in [-0.2, 0) is 0 Å². The van der Waals surface area contributed by atoms with Gasteiger partial charge < -0.3 is 9.63 Å². The van der Waals surface area contributed by atoms with Gasteiger partial charge in [0, 0.05) is 10.6 Å². The molecular weight excluding hydrogens is 220 g/mol. The van der Waals surface area contributed by atoms with Crippen molar-refractivity contribution < 1.29 is 14.4 Å². The minimum Gasteiger partial charge on any atom is -0.475 e. The zero-order valence-corrected chi connectivity index (χ0v) is 8.10. The van der Waals surface area contributed by atoms with Gasteiger partial charge in [0.2, 0.25) is 0 Å². The lowest BCUT2D eigenvalue weighted by Gasteiger charge is -1.93. The Morgan fingerprint density at radius 2 is 2.27 bits per heavy atom. The van der Waals surface area contributed by atoms with Crippen LogP contribution in [0.3, 0.4) is 0 Å². The molecule has 0 fully saturated rings. The van der Waals surface area contributed by atoms with Gasteiger partial charge in [-0.1, -0.05) is 17.7 Å². The summed E-state index contributed by atoms with van der Waals surface area (Å²) in [7, 11) is 0. The van der Waals surface area contributed by atoms with Gasteiger partial charge in [-0.3, -0.25) is 0 Å². The van der Waals surface area contributed by atoms with Gasteiger partial charge in [-0.2, -0.15) is 4.98 Å². The molecule has 1 heterocycles. The zero-order chi connectivity index (χ0) is 10.8. The number of hydrogen-bond donors (Lipinski definition) is 1. The van der Waals surface area contributed by atoms with Crippen molar-refractivity contribution in [2.24, 2.45) is 0 Å². The Balaban J connectivity index is 2.41. The number of carbonyl (C=O) groups is 1.